The van der Waals surface area contributed by atoms with Crippen molar-refractivity contribution in [2.75, 3.05) is 30.5 Å². The zero-order valence-electron chi connectivity index (χ0n) is 21.4. The largest absolute Gasteiger partial charge is 0.497 e. The molecule has 3 aromatic rings. The van der Waals surface area contributed by atoms with Crippen molar-refractivity contribution < 1.29 is 28.6 Å². The molecule has 0 fully saturated rings. The number of hydrogen-bond acceptors (Lipinski definition) is 6. The number of hydrogen-bond donors (Lipinski definition) is 1. The highest BCUT2D eigenvalue weighted by atomic mass is 16.5. The second kappa shape index (κ2) is 11.9. The number of esters is 1. The van der Waals surface area contributed by atoms with E-state index in [4.69, 9.17) is 14.2 Å². The number of rotatable bonds is 9. The lowest BCUT2D eigenvalue weighted by Crippen LogP contribution is -2.24. The maximum Gasteiger partial charge on any atom is 0.340 e. The van der Waals surface area contributed by atoms with Gasteiger partial charge in [-0.3, -0.25) is 14.5 Å². The van der Waals surface area contributed by atoms with Gasteiger partial charge in [-0.25, -0.2) is 4.79 Å². The molecule has 3 aromatic carbocycles. The van der Waals surface area contributed by atoms with Crippen LogP contribution in [0.4, 0.5) is 11.4 Å². The molecule has 1 N–H and O–H groups in total. The molecule has 1 aliphatic heterocycles. The van der Waals surface area contributed by atoms with Crippen LogP contribution in [0.1, 0.15) is 19.4 Å². The first-order chi connectivity index (χ1) is 18.4. The number of benzene rings is 3. The minimum absolute atomic E-state index is 0.153. The van der Waals surface area contributed by atoms with E-state index in [0.29, 0.717) is 34.1 Å². The summed E-state index contributed by atoms with van der Waals surface area (Å²) in [5, 5.41) is 2.76. The van der Waals surface area contributed by atoms with E-state index in [9.17, 15) is 14.4 Å². The Bertz CT molecular complexity index is 1380. The highest BCUT2D eigenvalue weighted by Crippen LogP contribution is 2.36. The number of para-hydroxylation sites is 1. The zero-order valence-corrected chi connectivity index (χ0v) is 21.4. The maximum atomic E-state index is 13.5. The van der Waals surface area contributed by atoms with Crippen molar-refractivity contribution in [2.45, 2.75) is 13.8 Å². The van der Waals surface area contributed by atoms with Crippen LogP contribution in [-0.2, 0) is 19.1 Å². The summed E-state index contributed by atoms with van der Waals surface area (Å²) in [6, 6.07) is 23.0. The normalized spacial score (nSPS) is 14.0. The molecule has 8 nitrogen and oxygen atoms in total. The number of carbonyl (C=O) groups excluding carboxylic acids is 3. The summed E-state index contributed by atoms with van der Waals surface area (Å²) < 4.78 is 16.1. The molecule has 0 radical (unpaired) electrons. The first kappa shape index (κ1) is 26.2. The van der Waals surface area contributed by atoms with Crippen molar-refractivity contribution in [3.8, 4) is 11.5 Å². The van der Waals surface area contributed by atoms with Crippen LogP contribution in [0.15, 0.2) is 95.7 Å². The Morgan fingerprint density at radius 2 is 1.58 bits per heavy atom. The topological polar surface area (TPSA) is 94.2 Å². The summed E-state index contributed by atoms with van der Waals surface area (Å²) in [4.78, 5) is 40.0. The SMILES string of the molecule is CCOC(=O)C1=C(C)N(c2ccc(OC)cc2)C(=O)/C1=C\c1ccc(OCC(=O)Nc2ccccc2)cc1. The van der Waals surface area contributed by atoms with Crippen molar-refractivity contribution in [3.63, 3.8) is 0 Å². The van der Waals surface area contributed by atoms with E-state index < -0.39 is 5.97 Å². The molecule has 1 heterocycles. The summed E-state index contributed by atoms with van der Waals surface area (Å²) >= 11 is 0. The van der Waals surface area contributed by atoms with Crippen molar-refractivity contribution in [1.82, 2.24) is 0 Å². The molecule has 194 valence electrons. The zero-order chi connectivity index (χ0) is 27.1. The Labute approximate surface area is 221 Å². The van der Waals surface area contributed by atoms with E-state index in [2.05, 4.69) is 5.32 Å². The lowest BCUT2D eigenvalue weighted by molar-refractivity contribution is -0.138. The van der Waals surface area contributed by atoms with Crippen LogP contribution in [0.5, 0.6) is 11.5 Å². The lowest BCUT2D eigenvalue weighted by Gasteiger charge is -2.18. The average molecular weight is 513 g/mol. The van der Waals surface area contributed by atoms with Crippen molar-refractivity contribution in [3.05, 3.63) is 101 Å². The van der Waals surface area contributed by atoms with Gasteiger partial charge in [-0.2, -0.15) is 0 Å². The Balaban J connectivity index is 1.52. The fourth-order valence-electron chi connectivity index (χ4n) is 4.02. The molecule has 0 atom stereocenters. The number of methoxy groups -OCH3 is 1. The fourth-order valence-corrected chi connectivity index (χ4v) is 4.02. The molecule has 0 unspecified atom stereocenters. The molecule has 38 heavy (non-hydrogen) atoms. The smallest absolute Gasteiger partial charge is 0.340 e. The van der Waals surface area contributed by atoms with Crippen LogP contribution >= 0.6 is 0 Å². The third-order valence-electron chi connectivity index (χ3n) is 5.83. The van der Waals surface area contributed by atoms with E-state index in [1.54, 1.807) is 87.7 Å². The number of amides is 2. The van der Waals surface area contributed by atoms with Gasteiger partial charge in [0.15, 0.2) is 6.61 Å². The van der Waals surface area contributed by atoms with Gasteiger partial charge < -0.3 is 19.5 Å². The van der Waals surface area contributed by atoms with Crippen LogP contribution in [0.2, 0.25) is 0 Å². The number of allylic oxidation sites excluding steroid dienone is 1. The summed E-state index contributed by atoms with van der Waals surface area (Å²) in [7, 11) is 1.57. The first-order valence-corrected chi connectivity index (χ1v) is 12.1. The fraction of sp³-hybridized carbons (Fsp3) is 0.167. The Morgan fingerprint density at radius 1 is 0.921 bits per heavy atom. The standard InChI is InChI=1S/C30H28N2O6/c1-4-37-30(35)28-20(2)32(23-12-16-24(36-3)17-13-23)29(34)26(28)18-21-10-14-25(15-11-21)38-19-27(33)31-22-8-6-5-7-9-22/h5-18H,4,19H2,1-3H3,(H,31,33)/b26-18-. The highest BCUT2D eigenvalue weighted by Gasteiger charge is 2.38. The van der Waals surface area contributed by atoms with Crippen LogP contribution in [0.3, 0.4) is 0 Å². The molecule has 0 aliphatic carbocycles. The van der Waals surface area contributed by atoms with Crippen molar-refractivity contribution >= 4 is 35.2 Å². The van der Waals surface area contributed by atoms with E-state index in [1.807, 2.05) is 18.2 Å². The Hall–Kier alpha value is -4.85. The average Bonchev–Trinajstić information content (AvgIpc) is 3.17. The molecule has 1 aliphatic rings. The van der Waals surface area contributed by atoms with Crippen LogP contribution < -0.4 is 19.7 Å². The van der Waals surface area contributed by atoms with Gasteiger partial charge in [-0.1, -0.05) is 30.3 Å². The Kier molecular flexibility index (Phi) is 8.23. The van der Waals surface area contributed by atoms with Gasteiger partial charge in [0.05, 0.1) is 24.9 Å². The molecule has 0 saturated heterocycles. The monoisotopic (exact) mass is 512 g/mol. The number of anilines is 2. The van der Waals surface area contributed by atoms with Crippen LogP contribution in [0, 0.1) is 0 Å². The van der Waals surface area contributed by atoms with Gasteiger partial charge in [0.2, 0.25) is 0 Å². The molecule has 8 heteroatoms. The number of nitrogens with one attached hydrogen (secondary N) is 1. The van der Waals surface area contributed by atoms with E-state index in [-0.39, 0.29) is 36.2 Å². The van der Waals surface area contributed by atoms with E-state index in [0.717, 1.165) is 0 Å². The van der Waals surface area contributed by atoms with E-state index >= 15 is 0 Å². The molecule has 2 amide bonds. The number of ether oxygens (including phenoxy) is 3. The van der Waals surface area contributed by atoms with Crippen molar-refractivity contribution in [1.29, 1.82) is 0 Å². The molecule has 0 aromatic heterocycles. The van der Waals surface area contributed by atoms with Gasteiger partial charge in [0.25, 0.3) is 11.8 Å². The summed E-state index contributed by atoms with van der Waals surface area (Å²) in [5.41, 5.74) is 2.90. The predicted molar refractivity (Wildman–Crippen MR) is 145 cm³/mol. The first-order valence-electron chi connectivity index (χ1n) is 12.1. The third-order valence-corrected chi connectivity index (χ3v) is 5.83. The molecule has 4 rings (SSSR count). The minimum Gasteiger partial charge on any atom is -0.497 e. The second-order valence-corrected chi connectivity index (χ2v) is 8.35. The van der Waals surface area contributed by atoms with Gasteiger partial charge >= 0.3 is 5.97 Å². The number of nitrogens with zero attached hydrogens (tertiary/aromatic N) is 1. The summed E-state index contributed by atoms with van der Waals surface area (Å²) in [6.45, 7) is 3.46. The molecular formula is C30H28N2O6. The van der Waals surface area contributed by atoms with E-state index in [1.165, 1.54) is 4.90 Å². The third kappa shape index (κ3) is 5.92. The van der Waals surface area contributed by atoms with Gasteiger partial charge in [-0.15, -0.1) is 0 Å². The molecule has 0 saturated carbocycles. The summed E-state index contributed by atoms with van der Waals surface area (Å²) in [6.07, 6.45) is 1.65. The van der Waals surface area contributed by atoms with Crippen LogP contribution in [-0.4, -0.2) is 38.1 Å². The predicted octanol–water partition coefficient (Wildman–Crippen LogP) is 4.98. The highest BCUT2D eigenvalue weighted by molar-refractivity contribution is 6.23. The van der Waals surface area contributed by atoms with Gasteiger partial charge in [0.1, 0.15) is 11.5 Å². The summed E-state index contributed by atoms with van der Waals surface area (Å²) in [5.74, 6) is -0.0375. The lowest BCUT2D eigenvalue weighted by atomic mass is 10.0. The molecule has 0 spiro atoms. The van der Waals surface area contributed by atoms with Gasteiger partial charge in [0, 0.05) is 17.1 Å². The number of carbonyl (C=O) groups is 3. The van der Waals surface area contributed by atoms with Crippen LogP contribution in [0.25, 0.3) is 6.08 Å². The quantitative estimate of drug-likeness (QED) is 0.321. The maximum absolute atomic E-state index is 13.5. The molecular weight excluding hydrogens is 484 g/mol. The molecule has 0 bridgehead atoms. The Morgan fingerprint density at radius 3 is 2.21 bits per heavy atom. The van der Waals surface area contributed by atoms with Gasteiger partial charge in [-0.05, 0) is 74.0 Å². The minimum atomic E-state index is -0.565. The van der Waals surface area contributed by atoms with Crippen molar-refractivity contribution in [2.24, 2.45) is 0 Å². The second-order valence-electron chi connectivity index (χ2n) is 8.35.